The van der Waals surface area contributed by atoms with Gasteiger partial charge in [0.2, 0.25) is 0 Å². The van der Waals surface area contributed by atoms with E-state index in [1.54, 1.807) is 19.1 Å². The quantitative estimate of drug-likeness (QED) is 0.847. The minimum Gasteiger partial charge on any atom is -0.310 e. The van der Waals surface area contributed by atoms with Crippen LogP contribution in [-0.4, -0.2) is 6.54 Å². The molecule has 1 N–H and O–H groups in total. The summed E-state index contributed by atoms with van der Waals surface area (Å²) in [5.41, 5.74) is -0.186. The van der Waals surface area contributed by atoms with E-state index in [9.17, 15) is 13.2 Å². The molecule has 0 spiro atoms. The first-order valence-corrected chi connectivity index (χ1v) is 6.88. The van der Waals surface area contributed by atoms with Crippen molar-refractivity contribution in [3.05, 3.63) is 35.4 Å². The summed E-state index contributed by atoms with van der Waals surface area (Å²) in [6.45, 7) is 2.62. The van der Waals surface area contributed by atoms with E-state index >= 15 is 0 Å². The van der Waals surface area contributed by atoms with Crippen molar-refractivity contribution >= 4 is 0 Å². The van der Waals surface area contributed by atoms with Crippen LogP contribution < -0.4 is 5.32 Å². The molecule has 1 saturated carbocycles. The lowest BCUT2D eigenvalue weighted by Crippen LogP contribution is -2.26. The maximum Gasteiger partial charge on any atom is 0.416 e. The largest absolute Gasteiger partial charge is 0.416 e. The molecular formula is C15H20F3N. The highest BCUT2D eigenvalue weighted by atomic mass is 19.4. The first-order chi connectivity index (χ1) is 8.98. The highest BCUT2D eigenvalue weighted by Crippen LogP contribution is 2.34. The van der Waals surface area contributed by atoms with E-state index in [-0.39, 0.29) is 6.04 Å². The van der Waals surface area contributed by atoms with Crippen LogP contribution >= 0.6 is 0 Å². The van der Waals surface area contributed by atoms with Crippen molar-refractivity contribution in [1.29, 1.82) is 0 Å². The van der Waals surface area contributed by atoms with E-state index in [0.29, 0.717) is 11.5 Å². The van der Waals surface area contributed by atoms with Gasteiger partial charge >= 0.3 is 6.18 Å². The van der Waals surface area contributed by atoms with E-state index in [0.717, 1.165) is 12.6 Å². The number of nitrogens with one attached hydrogen (secondary N) is 1. The van der Waals surface area contributed by atoms with Crippen LogP contribution in [0.3, 0.4) is 0 Å². The van der Waals surface area contributed by atoms with Crippen LogP contribution in [0.4, 0.5) is 13.2 Å². The van der Waals surface area contributed by atoms with Crippen molar-refractivity contribution in [1.82, 2.24) is 5.32 Å². The number of rotatable bonds is 4. The lowest BCUT2D eigenvalue weighted by atomic mass is 10.00. The van der Waals surface area contributed by atoms with Gasteiger partial charge in [-0.2, -0.15) is 13.2 Å². The predicted octanol–water partition coefficient (Wildman–Crippen LogP) is 4.55. The third-order valence-corrected chi connectivity index (χ3v) is 3.92. The molecular weight excluding hydrogens is 251 g/mol. The normalized spacial score (nSPS) is 18.7. The fourth-order valence-electron chi connectivity index (χ4n) is 2.80. The van der Waals surface area contributed by atoms with Gasteiger partial charge in [-0.3, -0.25) is 0 Å². The average molecular weight is 271 g/mol. The molecule has 1 atom stereocenters. The van der Waals surface area contributed by atoms with Crippen molar-refractivity contribution in [3.63, 3.8) is 0 Å². The van der Waals surface area contributed by atoms with Crippen LogP contribution in [0.25, 0.3) is 0 Å². The molecule has 19 heavy (non-hydrogen) atoms. The van der Waals surface area contributed by atoms with Gasteiger partial charge in [0.15, 0.2) is 0 Å². The van der Waals surface area contributed by atoms with Gasteiger partial charge in [0, 0.05) is 6.04 Å². The second-order valence-corrected chi connectivity index (χ2v) is 5.37. The average Bonchev–Trinajstić information content (AvgIpc) is 2.88. The second kappa shape index (κ2) is 5.95. The third kappa shape index (κ3) is 3.72. The van der Waals surface area contributed by atoms with Crippen molar-refractivity contribution < 1.29 is 13.2 Å². The Morgan fingerprint density at radius 2 is 1.84 bits per heavy atom. The summed E-state index contributed by atoms with van der Waals surface area (Å²) in [6, 6.07) is 5.56. The highest BCUT2D eigenvalue weighted by Gasteiger charge is 2.34. The summed E-state index contributed by atoms with van der Waals surface area (Å²) in [6.07, 6.45) is 0.612. The Kier molecular flexibility index (Phi) is 4.50. The topological polar surface area (TPSA) is 12.0 Å². The van der Waals surface area contributed by atoms with Gasteiger partial charge in [-0.25, -0.2) is 0 Å². The lowest BCUT2D eigenvalue weighted by molar-refractivity contribution is -0.138. The van der Waals surface area contributed by atoms with Crippen LogP contribution in [0, 0.1) is 5.92 Å². The Morgan fingerprint density at radius 1 is 1.21 bits per heavy atom. The monoisotopic (exact) mass is 271 g/mol. The molecule has 1 aromatic rings. The molecule has 1 aromatic carbocycles. The molecule has 0 radical (unpaired) electrons. The highest BCUT2D eigenvalue weighted by molar-refractivity contribution is 5.32. The Morgan fingerprint density at radius 3 is 2.47 bits per heavy atom. The second-order valence-electron chi connectivity index (χ2n) is 5.37. The molecule has 0 aliphatic heterocycles. The number of halogens is 3. The molecule has 1 aliphatic carbocycles. The zero-order chi connectivity index (χ0) is 13.9. The smallest absolute Gasteiger partial charge is 0.310 e. The van der Waals surface area contributed by atoms with Crippen molar-refractivity contribution in [2.24, 2.45) is 5.92 Å². The van der Waals surface area contributed by atoms with Gasteiger partial charge in [-0.05, 0) is 43.9 Å². The summed E-state index contributed by atoms with van der Waals surface area (Å²) < 4.78 is 38.8. The molecule has 0 amide bonds. The number of hydrogen-bond donors (Lipinski definition) is 1. The summed E-state index contributed by atoms with van der Waals surface area (Å²) in [4.78, 5) is 0. The van der Waals surface area contributed by atoms with E-state index in [2.05, 4.69) is 5.32 Å². The lowest BCUT2D eigenvalue weighted by Gasteiger charge is -2.21. The number of alkyl halides is 3. The Hall–Kier alpha value is -1.03. The van der Waals surface area contributed by atoms with Crippen LogP contribution in [0.5, 0.6) is 0 Å². The van der Waals surface area contributed by atoms with Crippen molar-refractivity contribution in [2.75, 3.05) is 6.54 Å². The molecule has 0 heterocycles. The Bertz CT molecular complexity index is 408. The maximum absolute atomic E-state index is 12.9. The van der Waals surface area contributed by atoms with E-state index in [4.69, 9.17) is 0 Å². The van der Waals surface area contributed by atoms with Gasteiger partial charge in [-0.1, -0.05) is 31.0 Å². The molecule has 1 aliphatic rings. The van der Waals surface area contributed by atoms with Gasteiger partial charge in [0.1, 0.15) is 0 Å². The van der Waals surface area contributed by atoms with Crippen molar-refractivity contribution in [3.8, 4) is 0 Å². The van der Waals surface area contributed by atoms with E-state index in [1.165, 1.54) is 31.7 Å². The number of benzene rings is 1. The molecule has 1 unspecified atom stereocenters. The minimum atomic E-state index is -4.28. The summed E-state index contributed by atoms with van der Waals surface area (Å²) in [5, 5.41) is 3.25. The van der Waals surface area contributed by atoms with Gasteiger partial charge in [-0.15, -0.1) is 0 Å². The zero-order valence-corrected chi connectivity index (χ0v) is 11.1. The molecule has 2 rings (SSSR count). The third-order valence-electron chi connectivity index (χ3n) is 3.92. The Labute approximate surface area is 112 Å². The van der Waals surface area contributed by atoms with E-state index in [1.807, 2.05) is 0 Å². The first-order valence-electron chi connectivity index (χ1n) is 6.88. The first kappa shape index (κ1) is 14.4. The molecule has 1 nitrogen and oxygen atoms in total. The number of hydrogen-bond acceptors (Lipinski definition) is 1. The molecule has 1 fully saturated rings. The van der Waals surface area contributed by atoms with Crippen LogP contribution in [0.1, 0.15) is 49.8 Å². The molecule has 0 saturated heterocycles. The summed E-state index contributed by atoms with van der Waals surface area (Å²) >= 11 is 0. The molecule has 0 bridgehead atoms. The SMILES string of the molecule is CC(NCC1CCCC1)c1ccccc1C(F)(F)F. The Balaban J connectivity index is 2.03. The van der Waals surface area contributed by atoms with E-state index < -0.39 is 11.7 Å². The van der Waals surface area contributed by atoms with Gasteiger partial charge in [0.25, 0.3) is 0 Å². The zero-order valence-electron chi connectivity index (χ0n) is 11.1. The van der Waals surface area contributed by atoms with Gasteiger partial charge < -0.3 is 5.32 Å². The minimum absolute atomic E-state index is 0.265. The molecule has 106 valence electrons. The summed E-state index contributed by atoms with van der Waals surface area (Å²) in [5.74, 6) is 0.625. The standard InChI is InChI=1S/C15H20F3N/c1-11(19-10-12-6-2-3-7-12)13-8-4-5-9-14(13)15(16,17)18/h4-5,8-9,11-12,19H,2-3,6-7,10H2,1H3. The molecule has 0 aromatic heterocycles. The maximum atomic E-state index is 12.9. The fraction of sp³-hybridized carbons (Fsp3) is 0.600. The van der Waals surface area contributed by atoms with Gasteiger partial charge in [0.05, 0.1) is 5.56 Å². The summed E-state index contributed by atoms with van der Waals surface area (Å²) in [7, 11) is 0. The predicted molar refractivity (Wildman–Crippen MR) is 69.8 cm³/mol. The van der Waals surface area contributed by atoms with Crippen molar-refractivity contribution in [2.45, 2.75) is 44.8 Å². The van der Waals surface area contributed by atoms with Crippen LogP contribution in [-0.2, 0) is 6.18 Å². The van der Waals surface area contributed by atoms with Crippen LogP contribution in [0.15, 0.2) is 24.3 Å². The van der Waals surface area contributed by atoms with Crippen LogP contribution in [0.2, 0.25) is 0 Å². The fourth-order valence-corrected chi connectivity index (χ4v) is 2.80. The molecule has 4 heteroatoms.